The quantitative estimate of drug-likeness (QED) is 0.293. The van der Waals surface area contributed by atoms with Gasteiger partial charge in [0.15, 0.2) is 0 Å². The number of allylic oxidation sites excluding steroid dienone is 1. The van der Waals surface area contributed by atoms with E-state index in [2.05, 4.69) is 6.58 Å². The molecular weight excluding hydrogens is 457 g/mol. The van der Waals surface area contributed by atoms with Gasteiger partial charge in [-0.3, -0.25) is 9.69 Å². The molecule has 0 aliphatic carbocycles. The average molecular weight is 486 g/mol. The zero-order valence-electron chi connectivity index (χ0n) is 20.8. The molecule has 0 aromatic heterocycles. The zero-order chi connectivity index (χ0) is 26.0. The molecule has 0 unspecified atom stereocenters. The van der Waals surface area contributed by atoms with E-state index in [0.717, 1.165) is 11.1 Å². The summed E-state index contributed by atoms with van der Waals surface area (Å²) in [6, 6.07) is 16.7. The number of fused-ring (bicyclic) bond motifs is 1. The molecule has 6 heteroatoms. The van der Waals surface area contributed by atoms with E-state index in [-0.39, 0.29) is 12.5 Å². The fraction of sp³-hybridized carbons (Fsp3) is 0.200. The molecule has 36 heavy (non-hydrogen) atoms. The molecule has 0 fully saturated rings. The van der Waals surface area contributed by atoms with Gasteiger partial charge >= 0.3 is 5.97 Å². The van der Waals surface area contributed by atoms with Gasteiger partial charge < -0.3 is 9.47 Å². The van der Waals surface area contributed by atoms with Gasteiger partial charge in [-0.1, -0.05) is 36.9 Å². The molecule has 0 radical (unpaired) electrons. The number of hydrogen-bond donors (Lipinski definition) is 0. The third-order valence-corrected chi connectivity index (χ3v) is 6.28. The number of methoxy groups -OCH3 is 1. The van der Waals surface area contributed by atoms with Crippen molar-refractivity contribution in [2.24, 2.45) is 0 Å². The number of rotatable bonds is 6. The number of ether oxygens (including phenoxy) is 2. The molecule has 0 bridgehead atoms. The molecule has 0 saturated carbocycles. The van der Waals surface area contributed by atoms with Crippen molar-refractivity contribution in [3.05, 3.63) is 102 Å². The van der Waals surface area contributed by atoms with Crippen LogP contribution >= 0.6 is 0 Å². The lowest BCUT2D eigenvalue weighted by Gasteiger charge is -2.42. The molecule has 1 heterocycles. The van der Waals surface area contributed by atoms with Crippen LogP contribution in [0.2, 0.25) is 0 Å². The van der Waals surface area contributed by atoms with E-state index < -0.39 is 17.3 Å². The Kier molecular flexibility index (Phi) is 6.80. The molecule has 184 valence electrons. The summed E-state index contributed by atoms with van der Waals surface area (Å²) in [5.41, 5.74) is 4.26. The molecule has 1 aliphatic rings. The minimum atomic E-state index is -0.602. The van der Waals surface area contributed by atoms with E-state index in [1.165, 1.54) is 25.3 Å². The molecule has 0 atom stereocenters. The maximum Gasteiger partial charge on any atom is 0.338 e. The van der Waals surface area contributed by atoms with Crippen LogP contribution < -0.4 is 9.64 Å². The number of anilines is 1. The van der Waals surface area contributed by atoms with E-state index >= 15 is 0 Å². The highest BCUT2D eigenvalue weighted by Crippen LogP contribution is 2.45. The number of amides is 1. The highest BCUT2D eigenvalue weighted by atomic mass is 19.1. The van der Waals surface area contributed by atoms with Gasteiger partial charge in [0.05, 0.1) is 23.9 Å². The van der Waals surface area contributed by atoms with Gasteiger partial charge in [-0.05, 0) is 68.3 Å². The summed E-state index contributed by atoms with van der Waals surface area (Å²) in [5.74, 6) is -0.792. The molecule has 4 rings (SSSR count). The van der Waals surface area contributed by atoms with Crippen molar-refractivity contribution < 1.29 is 23.5 Å². The zero-order valence-corrected chi connectivity index (χ0v) is 20.8. The fourth-order valence-electron chi connectivity index (χ4n) is 4.82. The van der Waals surface area contributed by atoms with Crippen molar-refractivity contribution in [2.75, 3.05) is 12.0 Å². The number of carbonyl (C=O) groups excluding carboxylic acids is 2. The fourth-order valence-corrected chi connectivity index (χ4v) is 4.82. The van der Waals surface area contributed by atoms with E-state index in [1.54, 1.807) is 35.2 Å². The lowest BCUT2D eigenvalue weighted by Crippen LogP contribution is -2.48. The van der Waals surface area contributed by atoms with Crippen molar-refractivity contribution in [1.82, 2.24) is 0 Å². The van der Waals surface area contributed by atoms with Crippen LogP contribution in [0.15, 0.2) is 79.4 Å². The Morgan fingerprint density at radius 3 is 2.42 bits per heavy atom. The summed E-state index contributed by atoms with van der Waals surface area (Å²) in [7, 11) is 1.48. The molecule has 0 saturated heterocycles. The summed E-state index contributed by atoms with van der Waals surface area (Å²) in [6.45, 7) is 9.48. The summed E-state index contributed by atoms with van der Waals surface area (Å²) in [4.78, 5) is 27.4. The highest BCUT2D eigenvalue weighted by Gasteiger charge is 2.36. The molecule has 3 aromatic carbocycles. The first kappa shape index (κ1) is 24.9. The van der Waals surface area contributed by atoms with Gasteiger partial charge in [0, 0.05) is 22.8 Å². The maximum absolute atomic E-state index is 14.0. The van der Waals surface area contributed by atoms with Crippen molar-refractivity contribution in [3.63, 3.8) is 0 Å². The molecule has 0 spiro atoms. The second-order valence-electron chi connectivity index (χ2n) is 9.13. The first-order chi connectivity index (χ1) is 17.2. The number of hydrogen-bond acceptors (Lipinski definition) is 4. The summed E-state index contributed by atoms with van der Waals surface area (Å²) in [6.07, 6.45) is 3.29. The SMILES string of the molecule is C=CC(=O)N1c2ccc(-c3ccc(F)cc3OC)c(COC(=O)c3ccccc3)c2C(C)=CC1(C)C. The Morgan fingerprint density at radius 1 is 1.06 bits per heavy atom. The smallest absolute Gasteiger partial charge is 0.338 e. The minimum Gasteiger partial charge on any atom is -0.496 e. The maximum atomic E-state index is 14.0. The third-order valence-electron chi connectivity index (χ3n) is 6.28. The second-order valence-corrected chi connectivity index (χ2v) is 9.13. The molecule has 3 aromatic rings. The van der Waals surface area contributed by atoms with E-state index in [4.69, 9.17) is 9.47 Å². The monoisotopic (exact) mass is 485 g/mol. The molecule has 0 N–H and O–H groups in total. The largest absolute Gasteiger partial charge is 0.496 e. The van der Waals surface area contributed by atoms with Gasteiger partial charge in [0.2, 0.25) is 0 Å². The normalized spacial score (nSPS) is 13.9. The number of nitrogens with zero attached hydrogens (tertiary/aromatic N) is 1. The second kappa shape index (κ2) is 9.82. The van der Waals surface area contributed by atoms with Crippen molar-refractivity contribution in [2.45, 2.75) is 32.9 Å². The average Bonchev–Trinajstić information content (AvgIpc) is 2.86. The number of esters is 1. The van der Waals surface area contributed by atoms with E-state index in [0.29, 0.717) is 33.7 Å². The molecule has 1 amide bonds. The summed E-state index contributed by atoms with van der Waals surface area (Å²) < 4.78 is 25.2. The Hall–Kier alpha value is -4.19. The van der Waals surface area contributed by atoms with E-state index in [1.807, 2.05) is 45.0 Å². The van der Waals surface area contributed by atoms with Gasteiger partial charge in [0.1, 0.15) is 18.2 Å². The lowest BCUT2D eigenvalue weighted by molar-refractivity contribution is -0.114. The van der Waals surface area contributed by atoms with Crippen molar-refractivity contribution >= 4 is 23.1 Å². The molecule has 5 nitrogen and oxygen atoms in total. The van der Waals surface area contributed by atoms with Crippen LogP contribution in [0, 0.1) is 5.82 Å². The van der Waals surface area contributed by atoms with Crippen LogP contribution in [-0.4, -0.2) is 24.5 Å². The number of benzene rings is 3. The van der Waals surface area contributed by atoms with Crippen molar-refractivity contribution in [3.8, 4) is 16.9 Å². The summed E-state index contributed by atoms with van der Waals surface area (Å²) >= 11 is 0. The lowest BCUT2D eigenvalue weighted by atomic mass is 9.83. The predicted octanol–water partition coefficient (Wildman–Crippen LogP) is 6.57. The highest BCUT2D eigenvalue weighted by molar-refractivity contribution is 6.07. The van der Waals surface area contributed by atoms with Crippen LogP contribution in [0.3, 0.4) is 0 Å². The first-order valence-corrected chi connectivity index (χ1v) is 11.6. The Morgan fingerprint density at radius 2 is 1.75 bits per heavy atom. The first-order valence-electron chi connectivity index (χ1n) is 11.6. The van der Waals surface area contributed by atoms with E-state index in [9.17, 15) is 14.0 Å². The standard InChI is InChI=1S/C30H28FNO4/c1-6-27(33)32-25-15-14-22(23-13-12-21(31)16-26(23)35-5)24(28(25)19(2)17-30(32,3)4)18-36-29(34)20-10-8-7-9-11-20/h6-17H,1,18H2,2-5H3. The minimum absolute atomic E-state index is 0.0610. The molecule has 1 aliphatic heterocycles. The van der Waals surface area contributed by atoms with Gasteiger partial charge in [-0.25, -0.2) is 9.18 Å². The molecular formula is C30H28FNO4. The Labute approximate surface area is 210 Å². The van der Waals surface area contributed by atoms with Crippen LogP contribution in [0.1, 0.15) is 42.3 Å². The van der Waals surface area contributed by atoms with Crippen LogP contribution in [-0.2, 0) is 16.1 Å². The van der Waals surface area contributed by atoms with Gasteiger partial charge in [0.25, 0.3) is 5.91 Å². The van der Waals surface area contributed by atoms with Crippen LogP contribution in [0.5, 0.6) is 5.75 Å². The predicted molar refractivity (Wildman–Crippen MR) is 139 cm³/mol. The van der Waals surface area contributed by atoms with Crippen molar-refractivity contribution in [1.29, 1.82) is 0 Å². The summed E-state index contributed by atoms with van der Waals surface area (Å²) in [5, 5.41) is 0. The number of carbonyl (C=O) groups is 2. The Balaban J connectivity index is 1.92. The van der Waals surface area contributed by atoms with Crippen LogP contribution in [0.25, 0.3) is 16.7 Å². The third kappa shape index (κ3) is 4.54. The topological polar surface area (TPSA) is 55.8 Å². The van der Waals surface area contributed by atoms with Gasteiger partial charge in [-0.15, -0.1) is 0 Å². The van der Waals surface area contributed by atoms with Gasteiger partial charge in [-0.2, -0.15) is 0 Å². The number of halogens is 1. The Bertz CT molecular complexity index is 1380. The van der Waals surface area contributed by atoms with Crippen LogP contribution in [0.4, 0.5) is 10.1 Å².